The smallest absolute Gasteiger partial charge is 0.178 e. The summed E-state index contributed by atoms with van der Waals surface area (Å²) in [6.45, 7) is 4.00. The van der Waals surface area contributed by atoms with Crippen LogP contribution in [0.15, 0.2) is 143 Å². The molecule has 4 heteroatoms. The Balaban J connectivity index is 0.00000136. The fourth-order valence-corrected chi connectivity index (χ4v) is 5.98. The van der Waals surface area contributed by atoms with E-state index < -0.39 is 0 Å². The van der Waals surface area contributed by atoms with E-state index in [-0.39, 0.29) is 0 Å². The molecule has 4 aromatic heterocycles. The zero-order chi connectivity index (χ0) is 28.9. The third-order valence-electron chi connectivity index (χ3n) is 8.06. The van der Waals surface area contributed by atoms with E-state index in [1.807, 2.05) is 56.4 Å². The minimum absolute atomic E-state index is 0.798. The molecule has 0 aliphatic heterocycles. The van der Waals surface area contributed by atoms with Crippen molar-refractivity contribution in [3.63, 3.8) is 0 Å². The molecule has 0 aliphatic carbocycles. The van der Waals surface area contributed by atoms with Crippen molar-refractivity contribution in [1.29, 1.82) is 0 Å². The maximum Gasteiger partial charge on any atom is 0.178 e. The van der Waals surface area contributed by atoms with Crippen molar-refractivity contribution in [2.24, 2.45) is 0 Å². The van der Waals surface area contributed by atoms with Gasteiger partial charge in [0.1, 0.15) is 16.8 Å². The van der Waals surface area contributed by atoms with Crippen LogP contribution in [0.2, 0.25) is 0 Å². The van der Waals surface area contributed by atoms with E-state index in [2.05, 4.69) is 95.5 Å². The summed E-state index contributed by atoms with van der Waals surface area (Å²) in [7, 11) is 0. The first kappa shape index (κ1) is 25.1. The maximum absolute atomic E-state index is 6.33. The molecule has 9 aromatic rings. The number of para-hydroxylation sites is 1. The van der Waals surface area contributed by atoms with Gasteiger partial charge in [-0.25, -0.2) is 4.98 Å². The lowest BCUT2D eigenvalue weighted by Gasteiger charge is -2.07. The number of fused-ring (bicyclic) bond motifs is 8. The number of aromatic nitrogens is 2. The first-order chi connectivity index (χ1) is 21.3. The Hall–Kier alpha value is -5.61. The van der Waals surface area contributed by atoms with Crippen LogP contribution in [0.5, 0.6) is 0 Å². The fourth-order valence-electron chi connectivity index (χ4n) is 5.98. The molecule has 0 atom stereocenters. The van der Waals surface area contributed by atoms with Crippen molar-refractivity contribution in [1.82, 2.24) is 9.38 Å². The van der Waals surface area contributed by atoms with Gasteiger partial charge in [-0.3, -0.25) is 0 Å². The summed E-state index contributed by atoms with van der Waals surface area (Å²) in [4.78, 5) is 4.79. The molecule has 0 amide bonds. The summed E-state index contributed by atoms with van der Waals surface area (Å²) in [5.74, 6) is 0. The van der Waals surface area contributed by atoms with Crippen LogP contribution in [-0.2, 0) is 0 Å². The first-order valence-corrected chi connectivity index (χ1v) is 14.7. The number of nitrogens with zero attached hydrogens (tertiary/aromatic N) is 2. The second-order valence-electron chi connectivity index (χ2n) is 10.5. The van der Waals surface area contributed by atoms with Crippen LogP contribution in [-0.4, -0.2) is 9.38 Å². The van der Waals surface area contributed by atoms with Gasteiger partial charge in [-0.2, -0.15) is 0 Å². The molecule has 0 fully saturated rings. The predicted octanol–water partition coefficient (Wildman–Crippen LogP) is 11.2. The van der Waals surface area contributed by atoms with Gasteiger partial charge in [0.2, 0.25) is 0 Å². The highest BCUT2D eigenvalue weighted by Crippen LogP contribution is 2.39. The van der Waals surface area contributed by atoms with Crippen LogP contribution in [0.1, 0.15) is 13.8 Å². The SMILES string of the molecule is CC.c1cc(-c2ccc(-c3ccc4oc5c(ccc6c7ccccc7oc65)c4c3)cc2)cc(-c2cn3ccccc3n2)c1. The van der Waals surface area contributed by atoms with E-state index in [9.17, 15) is 0 Å². The van der Waals surface area contributed by atoms with Gasteiger partial charge in [0, 0.05) is 39.5 Å². The fraction of sp³-hybridized carbons (Fsp3) is 0.0513. The minimum Gasteiger partial charge on any atom is -0.452 e. The molecule has 0 saturated heterocycles. The molecule has 0 unspecified atom stereocenters. The molecule has 0 radical (unpaired) electrons. The highest BCUT2D eigenvalue weighted by Gasteiger charge is 2.16. The summed E-state index contributed by atoms with van der Waals surface area (Å²) in [6, 6.07) is 42.2. The third-order valence-corrected chi connectivity index (χ3v) is 8.06. The monoisotopic (exact) mass is 556 g/mol. The van der Waals surface area contributed by atoms with E-state index in [1.165, 1.54) is 5.56 Å². The van der Waals surface area contributed by atoms with Gasteiger partial charge in [0.25, 0.3) is 0 Å². The van der Waals surface area contributed by atoms with E-state index in [1.54, 1.807) is 0 Å². The maximum atomic E-state index is 6.33. The molecular weight excluding hydrogens is 528 g/mol. The minimum atomic E-state index is 0.798. The van der Waals surface area contributed by atoms with Crippen LogP contribution in [0.4, 0.5) is 0 Å². The van der Waals surface area contributed by atoms with E-state index >= 15 is 0 Å². The lowest BCUT2D eigenvalue weighted by molar-refractivity contribution is 0.633. The van der Waals surface area contributed by atoms with Crippen molar-refractivity contribution < 1.29 is 8.83 Å². The van der Waals surface area contributed by atoms with Gasteiger partial charge in [0.15, 0.2) is 11.2 Å². The van der Waals surface area contributed by atoms with Crippen LogP contribution in [0.3, 0.4) is 0 Å². The Morgan fingerprint density at radius 3 is 1.88 bits per heavy atom. The number of hydrogen-bond donors (Lipinski definition) is 0. The second-order valence-corrected chi connectivity index (χ2v) is 10.5. The standard InChI is InChI=1S/C37H22N2O2.C2H6/c1-2-9-33-28(8-1)29-16-17-30-31-21-26(15-18-34(31)41-37(30)36(29)40-33)24-13-11-23(12-14-24)25-6-5-7-27(20-25)32-22-39-19-4-3-10-35(39)38-32;1-2/h1-22H;1-2H3. The van der Waals surface area contributed by atoms with Crippen molar-refractivity contribution in [2.45, 2.75) is 13.8 Å². The number of benzene rings is 5. The number of imidazole rings is 1. The Kier molecular flexibility index (Phi) is 5.86. The molecule has 0 bridgehead atoms. The summed E-state index contributed by atoms with van der Waals surface area (Å²) in [6.07, 6.45) is 4.10. The molecule has 0 N–H and O–H groups in total. The van der Waals surface area contributed by atoms with Crippen molar-refractivity contribution in [3.8, 4) is 33.5 Å². The zero-order valence-corrected chi connectivity index (χ0v) is 23.9. The molecule has 206 valence electrons. The molecule has 0 saturated carbocycles. The Morgan fingerprint density at radius 1 is 0.488 bits per heavy atom. The molecule has 4 heterocycles. The van der Waals surface area contributed by atoms with Crippen molar-refractivity contribution in [3.05, 3.63) is 134 Å². The molecule has 43 heavy (non-hydrogen) atoms. The van der Waals surface area contributed by atoms with E-state index in [0.29, 0.717) is 0 Å². The van der Waals surface area contributed by atoms with Gasteiger partial charge >= 0.3 is 0 Å². The topological polar surface area (TPSA) is 43.6 Å². The summed E-state index contributed by atoms with van der Waals surface area (Å²) in [5.41, 5.74) is 11.0. The number of furan rings is 2. The van der Waals surface area contributed by atoms with Crippen LogP contribution >= 0.6 is 0 Å². The van der Waals surface area contributed by atoms with Crippen LogP contribution in [0.25, 0.3) is 83.0 Å². The first-order valence-electron chi connectivity index (χ1n) is 14.7. The number of hydrogen-bond acceptors (Lipinski definition) is 3. The van der Waals surface area contributed by atoms with E-state index in [0.717, 1.165) is 77.5 Å². The Bertz CT molecular complexity index is 2390. The highest BCUT2D eigenvalue weighted by molar-refractivity contribution is 6.19. The number of pyridine rings is 1. The van der Waals surface area contributed by atoms with Crippen LogP contribution < -0.4 is 0 Å². The molecule has 9 rings (SSSR count). The van der Waals surface area contributed by atoms with E-state index in [4.69, 9.17) is 13.8 Å². The lowest BCUT2D eigenvalue weighted by Crippen LogP contribution is -1.83. The summed E-state index contributed by atoms with van der Waals surface area (Å²) < 4.78 is 14.6. The number of rotatable bonds is 3. The Labute approximate surface area is 248 Å². The summed E-state index contributed by atoms with van der Waals surface area (Å²) >= 11 is 0. The quantitative estimate of drug-likeness (QED) is 0.217. The lowest BCUT2D eigenvalue weighted by atomic mass is 9.98. The molecule has 0 spiro atoms. The third kappa shape index (κ3) is 4.11. The van der Waals surface area contributed by atoms with Crippen LogP contribution in [0, 0.1) is 0 Å². The predicted molar refractivity (Wildman–Crippen MR) is 177 cm³/mol. The average molecular weight is 557 g/mol. The highest BCUT2D eigenvalue weighted by atomic mass is 16.4. The Morgan fingerprint density at radius 2 is 1.12 bits per heavy atom. The van der Waals surface area contributed by atoms with Gasteiger partial charge in [-0.05, 0) is 70.8 Å². The van der Waals surface area contributed by atoms with Gasteiger partial charge in [-0.15, -0.1) is 0 Å². The molecule has 5 aromatic carbocycles. The van der Waals surface area contributed by atoms with Gasteiger partial charge in [-0.1, -0.05) is 86.6 Å². The zero-order valence-electron chi connectivity index (χ0n) is 23.9. The second kappa shape index (κ2) is 10.0. The normalized spacial score (nSPS) is 11.5. The molecular formula is C39H28N2O2. The van der Waals surface area contributed by atoms with Crippen molar-refractivity contribution >= 4 is 49.5 Å². The average Bonchev–Trinajstić information content (AvgIpc) is 3.79. The van der Waals surface area contributed by atoms with Gasteiger partial charge < -0.3 is 13.2 Å². The largest absolute Gasteiger partial charge is 0.452 e. The molecule has 0 aliphatic rings. The van der Waals surface area contributed by atoms with Gasteiger partial charge in [0.05, 0.1) is 5.69 Å². The molecule has 4 nitrogen and oxygen atoms in total. The van der Waals surface area contributed by atoms with Crippen molar-refractivity contribution in [2.75, 3.05) is 0 Å². The summed E-state index contributed by atoms with van der Waals surface area (Å²) in [5, 5.41) is 4.33.